The maximum atomic E-state index is 13.3. The van der Waals surface area contributed by atoms with Crippen molar-refractivity contribution in [2.45, 2.75) is 44.2 Å². The summed E-state index contributed by atoms with van der Waals surface area (Å²) in [6, 6.07) is 2.84. The number of carbonyl (C=O) groups excluding carboxylic acids is 3. The number of unbranched alkanes of at least 4 members (excludes halogenated alkanes) is 2. The van der Waals surface area contributed by atoms with Gasteiger partial charge in [-0.25, -0.2) is 8.78 Å². The lowest BCUT2D eigenvalue weighted by Crippen LogP contribution is -2.52. The zero-order valence-corrected chi connectivity index (χ0v) is 21.2. The highest BCUT2D eigenvalue weighted by atomic mass is 19.1. The number of halogens is 2. The second-order valence-corrected chi connectivity index (χ2v) is 8.74. The zero-order chi connectivity index (χ0) is 27.1. The average molecular weight is 530 g/mol. The minimum Gasteiger partial charge on any atom is -0.382 e. The monoisotopic (exact) mass is 529 g/mol. The SMILES string of the molecule is COCCOCCOCCNC(=O)CCCCCN1CCC(O)(C(=O)NCc2cc(F)cc(F)c2)C1=O. The van der Waals surface area contributed by atoms with Gasteiger partial charge in [0.25, 0.3) is 11.8 Å². The van der Waals surface area contributed by atoms with E-state index in [4.69, 9.17) is 14.2 Å². The van der Waals surface area contributed by atoms with Crippen molar-refractivity contribution in [2.24, 2.45) is 0 Å². The molecule has 1 atom stereocenters. The van der Waals surface area contributed by atoms with E-state index in [-0.39, 0.29) is 31.0 Å². The Morgan fingerprint density at radius 1 is 1.00 bits per heavy atom. The van der Waals surface area contributed by atoms with Gasteiger partial charge in [0.2, 0.25) is 11.5 Å². The highest BCUT2D eigenvalue weighted by molar-refractivity contribution is 6.09. The number of carbonyl (C=O) groups is 3. The van der Waals surface area contributed by atoms with Gasteiger partial charge in [0, 0.05) is 52.2 Å². The van der Waals surface area contributed by atoms with Gasteiger partial charge >= 0.3 is 0 Å². The van der Waals surface area contributed by atoms with Crippen LogP contribution in [0.4, 0.5) is 8.78 Å². The van der Waals surface area contributed by atoms with Crippen LogP contribution >= 0.6 is 0 Å². The molecule has 1 unspecified atom stereocenters. The molecule has 208 valence electrons. The van der Waals surface area contributed by atoms with E-state index in [1.54, 1.807) is 7.11 Å². The fourth-order valence-electron chi connectivity index (χ4n) is 3.81. The summed E-state index contributed by atoms with van der Waals surface area (Å²) in [7, 11) is 1.60. The Kier molecular flexibility index (Phi) is 13.4. The summed E-state index contributed by atoms with van der Waals surface area (Å²) in [5.74, 6) is -3.25. The van der Waals surface area contributed by atoms with Crippen LogP contribution in [0.2, 0.25) is 0 Å². The van der Waals surface area contributed by atoms with Gasteiger partial charge in [0.15, 0.2) is 0 Å². The number of likely N-dealkylation sites (tertiary alicyclic amines) is 1. The van der Waals surface area contributed by atoms with E-state index in [2.05, 4.69) is 10.6 Å². The van der Waals surface area contributed by atoms with Gasteiger partial charge in [-0.15, -0.1) is 0 Å². The molecule has 12 heteroatoms. The summed E-state index contributed by atoms with van der Waals surface area (Å²) in [4.78, 5) is 38.4. The minimum atomic E-state index is -2.20. The highest BCUT2D eigenvalue weighted by Crippen LogP contribution is 2.24. The molecular weight excluding hydrogens is 492 g/mol. The Labute approximate surface area is 215 Å². The first-order valence-corrected chi connectivity index (χ1v) is 12.4. The maximum absolute atomic E-state index is 13.3. The van der Waals surface area contributed by atoms with Crippen molar-refractivity contribution in [3.63, 3.8) is 0 Å². The second-order valence-electron chi connectivity index (χ2n) is 8.74. The van der Waals surface area contributed by atoms with E-state index in [0.29, 0.717) is 77.9 Å². The molecule has 0 spiro atoms. The molecule has 3 amide bonds. The van der Waals surface area contributed by atoms with Crippen LogP contribution in [0.5, 0.6) is 0 Å². The summed E-state index contributed by atoms with van der Waals surface area (Å²) in [5, 5.41) is 15.8. The Hall–Kier alpha value is -2.67. The van der Waals surface area contributed by atoms with Crippen molar-refractivity contribution < 1.29 is 42.5 Å². The van der Waals surface area contributed by atoms with E-state index in [9.17, 15) is 28.3 Å². The molecule has 0 radical (unpaired) electrons. The van der Waals surface area contributed by atoms with Crippen LogP contribution in [0.3, 0.4) is 0 Å². The maximum Gasteiger partial charge on any atom is 0.264 e. The molecule has 1 aliphatic heterocycles. The van der Waals surface area contributed by atoms with Crippen LogP contribution < -0.4 is 10.6 Å². The average Bonchev–Trinajstić information content (AvgIpc) is 3.15. The second kappa shape index (κ2) is 16.2. The number of methoxy groups -OCH3 is 1. The topological polar surface area (TPSA) is 126 Å². The van der Waals surface area contributed by atoms with Crippen LogP contribution in [-0.2, 0) is 35.1 Å². The summed E-state index contributed by atoms with van der Waals surface area (Å²) in [6.07, 6.45) is 2.23. The first-order chi connectivity index (χ1) is 17.8. The van der Waals surface area contributed by atoms with E-state index in [1.165, 1.54) is 4.90 Å². The van der Waals surface area contributed by atoms with Crippen molar-refractivity contribution in [3.05, 3.63) is 35.4 Å². The quantitative estimate of drug-likeness (QED) is 0.191. The van der Waals surface area contributed by atoms with Crippen LogP contribution in [-0.4, -0.2) is 93.1 Å². The van der Waals surface area contributed by atoms with Gasteiger partial charge in [0.1, 0.15) is 11.6 Å². The Morgan fingerprint density at radius 2 is 1.68 bits per heavy atom. The van der Waals surface area contributed by atoms with Gasteiger partial charge in [-0.05, 0) is 30.5 Å². The molecule has 0 bridgehead atoms. The Morgan fingerprint density at radius 3 is 2.38 bits per heavy atom. The van der Waals surface area contributed by atoms with Gasteiger partial charge in [-0.1, -0.05) is 6.42 Å². The summed E-state index contributed by atoms with van der Waals surface area (Å²) >= 11 is 0. The van der Waals surface area contributed by atoms with E-state index in [1.807, 2.05) is 0 Å². The number of hydrogen-bond acceptors (Lipinski definition) is 7. The van der Waals surface area contributed by atoms with Crippen LogP contribution in [0.25, 0.3) is 0 Å². The third kappa shape index (κ3) is 10.7. The van der Waals surface area contributed by atoms with E-state index >= 15 is 0 Å². The molecule has 1 aromatic rings. The summed E-state index contributed by atoms with van der Waals surface area (Å²) in [5.41, 5.74) is -2.03. The number of rotatable bonds is 18. The van der Waals surface area contributed by atoms with Gasteiger partial charge in [-0.2, -0.15) is 0 Å². The number of ether oxygens (including phenoxy) is 3. The van der Waals surface area contributed by atoms with Crippen molar-refractivity contribution in [2.75, 3.05) is 59.8 Å². The normalized spacial score (nSPS) is 17.3. The molecule has 1 heterocycles. The standard InChI is InChI=1S/C25H37F2N3O7/c1-35-11-12-37-14-13-36-10-7-28-22(31)5-3-2-4-8-30-9-6-25(34,24(30)33)23(32)29-18-19-15-20(26)17-21(27)16-19/h15-17,34H,2-14,18H2,1H3,(H,28,31)(H,29,32). The number of hydrogen-bond donors (Lipinski definition) is 3. The first-order valence-electron chi connectivity index (χ1n) is 12.4. The zero-order valence-electron chi connectivity index (χ0n) is 21.2. The van der Waals surface area contributed by atoms with Gasteiger partial charge in [-0.3, -0.25) is 14.4 Å². The molecule has 1 saturated heterocycles. The predicted molar refractivity (Wildman–Crippen MR) is 129 cm³/mol. The van der Waals surface area contributed by atoms with Gasteiger partial charge in [0.05, 0.1) is 33.0 Å². The number of amides is 3. The lowest BCUT2D eigenvalue weighted by Gasteiger charge is -2.21. The molecule has 37 heavy (non-hydrogen) atoms. The first kappa shape index (κ1) is 30.6. The predicted octanol–water partition coefficient (Wildman–Crippen LogP) is 0.901. The molecule has 3 N–H and O–H groups in total. The van der Waals surface area contributed by atoms with Gasteiger partial charge < -0.3 is 34.9 Å². The Bertz CT molecular complexity index is 870. The molecule has 1 aliphatic rings. The molecule has 1 aromatic carbocycles. The fraction of sp³-hybridized carbons (Fsp3) is 0.640. The van der Waals surface area contributed by atoms with Crippen LogP contribution in [0.1, 0.15) is 37.7 Å². The number of benzene rings is 1. The number of aliphatic hydroxyl groups is 1. The van der Waals surface area contributed by atoms with Crippen molar-refractivity contribution in [3.8, 4) is 0 Å². The molecule has 0 aliphatic carbocycles. The number of nitrogens with zero attached hydrogens (tertiary/aromatic N) is 1. The molecule has 0 aromatic heterocycles. The number of nitrogens with one attached hydrogen (secondary N) is 2. The third-order valence-electron chi connectivity index (χ3n) is 5.84. The molecular formula is C25H37F2N3O7. The van der Waals surface area contributed by atoms with Crippen molar-refractivity contribution in [1.29, 1.82) is 0 Å². The van der Waals surface area contributed by atoms with Crippen molar-refractivity contribution >= 4 is 17.7 Å². The van der Waals surface area contributed by atoms with Crippen molar-refractivity contribution in [1.82, 2.24) is 15.5 Å². The Balaban J connectivity index is 1.56. The molecule has 2 rings (SSSR count). The fourth-order valence-corrected chi connectivity index (χ4v) is 3.81. The lowest BCUT2D eigenvalue weighted by atomic mass is 10.0. The van der Waals surface area contributed by atoms with Crippen LogP contribution in [0, 0.1) is 11.6 Å². The van der Waals surface area contributed by atoms with Crippen LogP contribution in [0.15, 0.2) is 18.2 Å². The minimum absolute atomic E-state index is 0.0705. The summed E-state index contributed by atoms with van der Waals surface area (Å²) < 4.78 is 42.1. The summed E-state index contributed by atoms with van der Waals surface area (Å²) in [6.45, 7) is 3.11. The smallest absolute Gasteiger partial charge is 0.264 e. The third-order valence-corrected chi connectivity index (χ3v) is 5.84. The largest absolute Gasteiger partial charge is 0.382 e. The molecule has 10 nitrogen and oxygen atoms in total. The van der Waals surface area contributed by atoms with E-state index < -0.39 is 29.0 Å². The molecule has 1 fully saturated rings. The lowest BCUT2D eigenvalue weighted by molar-refractivity contribution is -0.154. The molecule has 0 saturated carbocycles. The van der Waals surface area contributed by atoms with E-state index in [0.717, 1.165) is 12.1 Å². The highest BCUT2D eigenvalue weighted by Gasteiger charge is 2.50.